The van der Waals surface area contributed by atoms with Crippen LogP contribution < -0.4 is 0 Å². The highest BCUT2D eigenvalue weighted by molar-refractivity contribution is 8.20. The molecule has 0 N–H and O–H groups in total. The van der Waals surface area contributed by atoms with Crippen LogP contribution in [-0.2, 0) is 4.08 Å². The zero-order chi connectivity index (χ0) is 13.3. The second-order valence-electron chi connectivity index (χ2n) is 4.33. The van der Waals surface area contributed by atoms with Crippen LogP contribution in [-0.4, -0.2) is 11.5 Å². The Kier molecular flexibility index (Phi) is 3.54. The first-order chi connectivity index (χ1) is 9.21. The molecule has 0 spiro atoms. The molecule has 0 radical (unpaired) electrons. The fraction of sp³-hybridized carbons (Fsp3) is 0.200. The van der Waals surface area contributed by atoms with Crippen LogP contribution in [0.25, 0.3) is 0 Å². The lowest BCUT2D eigenvalue weighted by molar-refractivity contribution is 0.626. The third kappa shape index (κ3) is 2.39. The molecule has 0 aromatic heterocycles. The summed E-state index contributed by atoms with van der Waals surface area (Å²) in [6, 6.07) is 13.2. The molecule has 0 bridgehead atoms. The maximum Gasteiger partial charge on any atom is 0.123 e. The van der Waals surface area contributed by atoms with Gasteiger partial charge in [-0.05, 0) is 35.4 Å². The average molecular weight is 294 g/mol. The van der Waals surface area contributed by atoms with Crippen molar-refractivity contribution in [2.24, 2.45) is 0 Å². The Morgan fingerprint density at radius 1 is 0.684 bits per heavy atom. The second kappa shape index (κ2) is 5.17. The standard InChI is InChI=1S/C15H12F2S2/c16-13-5-1-11(2-6-13)15(18-9-10-19-15)12-3-7-14(17)8-4-12/h1-8H,9-10H2. The molecule has 0 atom stereocenters. The molecule has 0 aliphatic carbocycles. The van der Waals surface area contributed by atoms with E-state index in [0.717, 1.165) is 22.6 Å². The number of halogens is 2. The predicted octanol–water partition coefficient (Wildman–Crippen LogP) is 4.65. The normalized spacial score (nSPS) is 17.6. The van der Waals surface area contributed by atoms with Gasteiger partial charge in [0.05, 0.1) is 0 Å². The van der Waals surface area contributed by atoms with Crippen LogP contribution in [0.5, 0.6) is 0 Å². The van der Waals surface area contributed by atoms with Crippen molar-refractivity contribution in [2.45, 2.75) is 4.08 Å². The first kappa shape index (κ1) is 13.0. The van der Waals surface area contributed by atoms with Gasteiger partial charge in [-0.2, -0.15) is 0 Å². The highest BCUT2D eigenvalue weighted by atomic mass is 32.2. The summed E-state index contributed by atoms with van der Waals surface area (Å²) in [5.74, 6) is 1.62. The minimum atomic E-state index is -0.235. The zero-order valence-corrected chi connectivity index (χ0v) is 11.7. The third-order valence-corrected chi connectivity index (χ3v) is 6.68. The molecule has 0 unspecified atom stereocenters. The lowest BCUT2D eigenvalue weighted by Crippen LogP contribution is -2.16. The Morgan fingerprint density at radius 3 is 1.42 bits per heavy atom. The van der Waals surface area contributed by atoms with Crippen LogP contribution in [0.4, 0.5) is 8.78 Å². The van der Waals surface area contributed by atoms with Crippen molar-refractivity contribution in [1.82, 2.24) is 0 Å². The molecule has 4 heteroatoms. The van der Waals surface area contributed by atoms with Gasteiger partial charge in [-0.25, -0.2) is 8.78 Å². The van der Waals surface area contributed by atoms with Gasteiger partial charge in [-0.1, -0.05) is 24.3 Å². The molecule has 3 rings (SSSR count). The number of thioether (sulfide) groups is 2. The van der Waals surface area contributed by atoms with Crippen molar-refractivity contribution in [2.75, 3.05) is 11.5 Å². The molecule has 1 aliphatic heterocycles. The van der Waals surface area contributed by atoms with Crippen molar-refractivity contribution < 1.29 is 8.78 Å². The van der Waals surface area contributed by atoms with Crippen LogP contribution in [0.1, 0.15) is 11.1 Å². The summed E-state index contributed by atoms with van der Waals surface area (Å²) >= 11 is 3.65. The maximum absolute atomic E-state index is 13.1. The van der Waals surface area contributed by atoms with Crippen LogP contribution in [0.3, 0.4) is 0 Å². The number of hydrogen-bond acceptors (Lipinski definition) is 2. The molecule has 1 aliphatic rings. The molecule has 1 saturated heterocycles. The minimum absolute atomic E-state index is 0.231. The highest BCUT2D eigenvalue weighted by Crippen LogP contribution is 2.56. The summed E-state index contributed by atoms with van der Waals surface area (Å²) in [4.78, 5) is 0. The van der Waals surface area contributed by atoms with Crippen molar-refractivity contribution in [3.05, 3.63) is 71.3 Å². The summed E-state index contributed by atoms with van der Waals surface area (Å²) in [7, 11) is 0. The van der Waals surface area contributed by atoms with Crippen molar-refractivity contribution in [3.63, 3.8) is 0 Å². The predicted molar refractivity (Wildman–Crippen MR) is 78.5 cm³/mol. The largest absolute Gasteiger partial charge is 0.207 e. The van der Waals surface area contributed by atoms with Gasteiger partial charge in [0.25, 0.3) is 0 Å². The molecule has 98 valence electrons. The van der Waals surface area contributed by atoms with E-state index in [4.69, 9.17) is 0 Å². The molecule has 1 fully saturated rings. The fourth-order valence-electron chi connectivity index (χ4n) is 2.25. The first-order valence-corrected chi connectivity index (χ1v) is 7.98. The molecular formula is C15H12F2S2. The summed E-state index contributed by atoms with van der Waals surface area (Å²) in [5, 5.41) is 0. The molecule has 0 amide bonds. The highest BCUT2D eigenvalue weighted by Gasteiger charge is 2.39. The minimum Gasteiger partial charge on any atom is -0.207 e. The fourth-order valence-corrected chi connectivity index (χ4v) is 5.54. The molecule has 0 saturated carbocycles. The molecular weight excluding hydrogens is 282 g/mol. The molecule has 2 aromatic carbocycles. The van der Waals surface area contributed by atoms with E-state index in [-0.39, 0.29) is 15.7 Å². The van der Waals surface area contributed by atoms with Gasteiger partial charge in [-0.3, -0.25) is 0 Å². The molecule has 1 heterocycles. The Balaban J connectivity index is 2.08. The average Bonchev–Trinajstić information content (AvgIpc) is 2.91. The van der Waals surface area contributed by atoms with Crippen LogP contribution >= 0.6 is 23.5 Å². The lowest BCUT2D eigenvalue weighted by Gasteiger charge is -2.28. The van der Waals surface area contributed by atoms with Gasteiger partial charge < -0.3 is 0 Å². The first-order valence-electron chi connectivity index (χ1n) is 6.01. The van der Waals surface area contributed by atoms with Crippen molar-refractivity contribution in [3.8, 4) is 0 Å². The Bertz CT molecular complexity index is 510. The van der Waals surface area contributed by atoms with Gasteiger partial charge in [0.15, 0.2) is 0 Å². The van der Waals surface area contributed by atoms with Gasteiger partial charge in [0.2, 0.25) is 0 Å². The van der Waals surface area contributed by atoms with Crippen molar-refractivity contribution >= 4 is 23.5 Å². The van der Waals surface area contributed by atoms with E-state index < -0.39 is 0 Å². The topological polar surface area (TPSA) is 0 Å². The molecule has 2 aromatic rings. The summed E-state index contributed by atoms with van der Waals surface area (Å²) in [6.45, 7) is 0. The molecule has 0 nitrogen and oxygen atoms in total. The Labute approximate surface area is 119 Å². The van der Waals surface area contributed by atoms with Crippen LogP contribution in [0.2, 0.25) is 0 Å². The van der Waals surface area contributed by atoms with E-state index in [1.165, 1.54) is 24.3 Å². The van der Waals surface area contributed by atoms with E-state index in [1.807, 2.05) is 47.8 Å². The van der Waals surface area contributed by atoms with Crippen molar-refractivity contribution in [1.29, 1.82) is 0 Å². The lowest BCUT2D eigenvalue weighted by atomic mass is 10.0. The van der Waals surface area contributed by atoms with E-state index >= 15 is 0 Å². The van der Waals surface area contributed by atoms with E-state index in [2.05, 4.69) is 0 Å². The second-order valence-corrected chi connectivity index (χ2v) is 7.20. The van der Waals surface area contributed by atoms with Gasteiger partial charge >= 0.3 is 0 Å². The van der Waals surface area contributed by atoms with Crippen LogP contribution in [0.15, 0.2) is 48.5 Å². The van der Waals surface area contributed by atoms with E-state index in [1.54, 1.807) is 0 Å². The summed E-state index contributed by atoms with van der Waals surface area (Å²) < 4.78 is 25.9. The maximum atomic E-state index is 13.1. The third-order valence-electron chi connectivity index (χ3n) is 3.14. The summed E-state index contributed by atoms with van der Waals surface area (Å²) in [5.41, 5.74) is 2.13. The Hall–Kier alpha value is -1.000. The van der Waals surface area contributed by atoms with Gasteiger partial charge in [-0.15, -0.1) is 23.5 Å². The monoisotopic (exact) mass is 294 g/mol. The quantitative estimate of drug-likeness (QED) is 0.791. The van der Waals surface area contributed by atoms with Gasteiger partial charge in [0, 0.05) is 11.5 Å². The SMILES string of the molecule is Fc1ccc(C2(c3ccc(F)cc3)SCCS2)cc1. The number of rotatable bonds is 2. The molecule has 19 heavy (non-hydrogen) atoms. The smallest absolute Gasteiger partial charge is 0.123 e. The van der Waals surface area contributed by atoms with Crippen LogP contribution in [0, 0.1) is 11.6 Å². The number of benzene rings is 2. The number of hydrogen-bond donors (Lipinski definition) is 0. The van der Waals surface area contributed by atoms with E-state index in [9.17, 15) is 8.78 Å². The zero-order valence-electron chi connectivity index (χ0n) is 10.1. The Morgan fingerprint density at radius 2 is 1.05 bits per heavy atom. The summed E-state index contributed by atoms with van der Waals surface area (Å²) in [6.07, 6.45) is 0. The van der Waals surface area contributed by atoms with Gasteiger partial charge in [0.1, 0.15) is 15.7 Å². The van der Waals surface area contributed by atoms with E-state index in [0.29, 0.717) is 0 Å².